The maximum atomic E-state index is 10.2. The number of aliphatic hydroxyl groups is 1. The molecule has 4 nitrogen and oxygen atoms in total. The molecule has 2 atom stereocenters. The van der Waals surface area contributed by atoms with Crippen LogP contribution in [-0.2, 0) is 6.54 Å². The molecule has 0 saturated heterocycles. The first-order chi connectivity index (χ1) is 11.2. The first-order valence-electron chi connectivity index (χ1n) is 8.15. The van der Waals surface area contributed by atoms with Crippen molar-refractivity contribution in [2.24, 2.45) is 0 Å². The molecular weight excluding hydrogens is 306 g/mol. The zero-order valence-corrected chi connectivity index (χ0v) is 14.3. The van der Waals surface area contributed by atoms with Gasteiger partial charge in [-0.3, -0.25) is 4.57 Å². The summed E-state index contributed by atoms with van der Waals surface area (Å²) < 4.78 is 2.10. The summed E-state index contributed by atoms with van der Waals surface area (Å²) in [5, 5.41) is 20.1. The molecule has 1 saturated carbocycles. The van der Waals surface area contributed by atoms with E-state index < -0.39 is 0 Å². The van der Waals surface area contributed by atoms with E-state index in [-0.39, 0.29) is 11.4 Å². The Morgan fingerprint density at radius 1 is 1.30 bits per heavy atom. The molecule has 0 radical (unpaired) electrons. The van der Waals surface area contributed by atoms with Gasteiger partial charge in [0.25, 0.3) is 0 Å². The average molecular weight is 329 g/mol. The third-order valence-corrected chi connectivity index (χ3v) is 5.70. The lowest BCUT2D eigenvalue weighted by molar-refractivity contribution is 0.137. The summed E-state index contributed by atoms with van der Waals surface area (Å²) in [6, 6.07) is 8.21. The van der Waals surface area contributed by atoms with E-state index >= 15 is 0 Å². The van der Waals surface area contributed by atoms with Crippen LogP contribution in [0.1, 0.15) is 31.2 Å². The number of hydrogen-bond donors (Lipinski definition) is 1. The fourth-order valence-corrected chi connectivity index (χ4v) is 4.27. The third-order valence-electron chi connectivity index (χ3n) is 4.34. The van der Waals surface area contributed by atoms with Crippen LogP contribution in [0.4, 0.5) is 0 Å². The van der Waals surface area contributed by atoms with Crippen molar-refractivity contribution < 1.29 is 5.11 Å². The van der Waals surface area contributed by atoms with Crippen LogP contribution >= 0.6 is 11.8 Å². The highest BCUT2D eigenvalue weighted by Gasteiger charge is 2.26. The number of benzene rings is 1. The van der Waals surface area contributed by atoms with Gasteiger partial charge in [-0.2, -0.15) is 0 Å². The molecular formula is C18H23N3OS. The van der Waals surface area contributed by atoms with Crippen LogP contribution in [0, 0.1) is 6.92 Å². The smallest absolute Gasteiger partial charge is 0.192 e. The number of aryl methyl sites for hydroxylation is 1. The Labute approximate surface area is 141 Å². The molecule has 2 unspecified atom stereocenters. The largest absolute Gasteiger partial charge is 0.392 e. The van der Waals surface area contributed by atoms with Gasteiger partial charge in [-0.05, 0) is 25.3 Å². The van der Waals surface area contributed by atoms with E-state index in [1.54, 1.807) is 11.8 Å². The van der Waals surface area contributed by atoms with E-state index in [2.05, 4.69) is 40.4 Å². The van der Waals surface area contributed by atoms with Gasteiger partial charge in [-0.15, -0.1) is 16.8 Å². The maximum Gasteiger partial charge on any atom is 0.192 e. The minimum atomic E-state index is -0.246. The van der Waals surface area contributed by atoms with Gasteiger partial charge in [0.15, 0.2) is 11.0 Å². The van der Waals surface area contributed by atoms with E-state index in [9.17, 15) is 5.11 Å². The van der Waals surface area contributed by atoms with Crippen LogP contribution in [0.15, 0.2) is 42.1 Å². The van der Waals surface area contributed by atoms with Crippen LogP contribution < -0.4 is 0 Å². The van der Waals surface area contributed by atoms with Gasteiger partial charge in [0, 0.05) is 17.4 Å². The number of aromatic nitrogens is 3. The van der Waals surface area contributed by atoms with Crippen molar-refractivity contribution >= 4 is 11.8 Å². The SMILES string of the molecule is C=CCn1c(SC2CCCCC2O)nnc1-c1ccccc1C. The number of aliphatic hydroxyl groups excluding tert-OH is 1. The summed E-state index contributed by atoms with van der Waals surface area (Å²) in [6.07, 6.45) is 5.84. The van der Waals surface area contributed by atoms with E-state index in [1.807, 2.05) is 18.2 Å². The van der Waals surface area contributed by atoms with Crippen molar-refractivity contribution in [3.63, 3.8) is 0 Å². The van der Waals surface area contributed by atoms with Gasteiger partial charge in [0.1, 0.15) is 0 Å². The molecule has 0 spiro atoms. The fraction of sp³-hybridized carbons (Fsp3) is 0.444. The van der Waals surface area contributed by atoms with Crippen LogP contribution in [0.5, 0.6) is 0 Å². The molecule has 0 aliphatic heterocycles. The molecule has 0 bridgehead atoms. The second-order valence-corrected chi connectivity index (χ2v) is 7.23. The molecule has 1 aliphatic carbocycles. The molecule has 3 rings (SSSR count). The molecule has 1 aromatic carbocycles. The Morgan fingerprint density at radius 2 is 2.09 bits per heavy atom. The fourth-order valence-electron chi connectivity index (χ4n) is 3.04. The molecule has 1 heterocycles. The summed E-state index contributed by atoms with van der Waals surface area (Å²) in [7, 11) is 0. The number of allylic oxidation sites excluding steroid dienone is 1. The van der Waals surface area contributed by atoms with Crippen molar-refractivity contribution in [1.82, 2.24) is 14.8 Å². The van der Waals surface area contributed by atoms with Crippen LogP contribution in [0.25, 0.3) is 11.4 Å². The predicted molar refractivity (Wildman–Crippen MR) is 94.5 cm³/mol. The number of nitrogens with zero attached hydrogens (tertiary/aromatic N) is 3. The minimum Gasteiger partial charge on any atom is -0.392 e. The Bertz CT molecular complexity index is 683. The molecule has 1 fully saturated rings. The highest BCUT2D eigenvalue weighted by atomic mass is 32.2. The van der Waals surface area contributed by atoms with Crippen molar-refractivity contribution in [2.45, 2.75) is 55.7 Å². The lowest BCUT2D eigenvalue weighted by atomic mass is 9.97. The molecule has 23 heavy (non-hydrogen) atoms. The maximum absolute atomic E-state index is 10.2. The highest BCUT2D eigenvalue weighted by Crippen LogP contribution is 2.35. The summed E-state index contributed by atoms with van der Waals surface area (Å²) in [5.41, 5.74) is 2.28. The van der Waals surface area contributed by atoms with Gasteiger partial charge in [0.05, 0.1) is 6.10 Å². The van der Waals surface area contributed by atoms with Gasteiger partial charge < -0.3 is 5.11 Å². The lowest BCUT2D eigenvalue weighted by Crippen LogP contribution is -2.27. The first kappa shape index (κ1) is 16.3. The number of rotatable bonds is 5. The lowest BCUT2D eigenvalue weighted by Gasteiger charge is -2.26. The minimum absolute atomic E-state index is 0.209. The molecule has 1 N–H and O–H groups in total. The Hall–Kier alpha value is -1.59. The Morgan fingerprint density at radius 3 is 2.83 bits per heavy atom. The van der Waals surface area contributed by atoms with Crippen molar-refractivity contribution in [2.75, 3.05) is 0 Å². The van der Waals surface area contributed by atoms with E-state index in [0.29, 0.717) is 6.54 Å². The van der Waals surface area contributed by atoms with Gasteiger partial charge in [-0.25, -0.2) is 0 Å². The molecule has 1 aliphatic rings. The summed E-state index contributed by atoms with van der Waals surface area (Å²) in [5.74, 6) is 0.871. The standard InChI is InChI=1S/C18H23N3OS/c1-3-12-21-17(14-9-5-4-8-13(14)2)19-20-18(21)23-16-11-7-6-10-15(16)22/h3-5,8-9,15-16,22H,1,6-7,10-12H2,2H3. The number of thioether (sulfide) groups is 1. The molecule has 122 valence electrons. The van der Waals surface area contributed by atoms with E-state index in [1.165, 1.54) is 12.0 Å². The van der Waals surface area contributed by atoms with E-state index in [0.717, 1.165) is 35.8 Å². The quantitative estimate of drug-likeness (QED) is 0.847. The Balaban J connectivity index is 1.92. The molecule has 1 aromatic heterocycles. The predicted octanol–water partition coefficient (Wildman–Crippen LogP) is 3.84. The topological polar surface area (TPSA) is 50.9 Å². The highest BCUT2D eigenvalue weighted by molar-refractivity contribution is 7.99. The van der Waals surface area contributed by atoms with Crippen LogP contribution in [-0.4, -0.2) is 31.2 Å². The monoisotopic (exact) mass is 329 g/mol. The first-order valence-corrected chi connectivity index (χ1v) is 9.03. The van der Waals surface area contributed by atoms with Crippen LogP contribution in [0.2, 0.25) is 0 Å². The van der Waals surface area contributed by atoms with Crippen LogP contribution in [0.3, 0.4) is 0 Å². The van der Waals surface area contributed by atoms with Gasteiger partial charge >= 0.3 is 0 Å². The summed E-state index contributed by atoms with van der Waals surface area (Å²) >= 11 is 1.65. The zero-order chi connectivity index (χ0) is 16.2. The average Bonchev–Trinajstić information content (AvgIpc) is 2.93. The van der Waals surface area contributed by atoms with Gasteiger partial charge in [0.2, 0.25) is 0 Å². The third kappa shape index (κ3) is 3.51. The van der Waals surface area contributed by atoms with Crippen molar-refractivity contribution in [3.05, 3.63) is 42.5 Å². The summed E-state index contributed by atoms with van der Waals surface area (Å²) in [4.78, 5) is 0. The molecule has 2 aromatic rings. The van der Waals surface area contributed by atoms with E-state index in [4.69, 9.17) is 0 Å². The molecule has 0 amide bonds. The molecule has 5 heteroatoms. The van der Waals surface area contributed by atoms with Gasteiger partial charge in [-0.1, -0.05) is 54.9 Å². The van der Waals surface area contributed by atoms with Crippen molar-refractivity contribution in [1.29, 1.82) is 0 Å². The summed E-state index contributed by atoms with van der Waals surface area (Å²) in [6.45, 7) is 6.61. The zero-order valence-electron chi connectivity index (χ0n) is 13.5. The second-order valence-electron chi connectivity index (χ2n) is 6.03. The normalized spacial score (nSPS) is 21.3. The van der Waals surface area contributed by atoms with Crippen molar-refractivity contribution in [3.8, 4) is 11.4 Å². The number of hydrogen-bond acceptors (Lipinski definition) is 4. The Kier molecular flexibility index (Phi) is 5.18. The second kappa shape index (κ2) is 7.32.